The van der Waals surface area contributed by atoms with Gasteiger partial charge in [0.1, 0.15) is 0 Å². The van der Waals surface area contributed by atoms with Crippen molar-refractivity contribution < 1.29 is 9.72 Å². The second-order valence-corrected chi connectivity index (χ2v) is 5.28. The molecule has 0 unspecified atom stereocenters. The van der Waals surface area contributed by atoms with Gasteiger partial charge in [-0.05, 0) is 32.9 Å². The van der Waals surface area contributed by atoms with Crippen molar-refractivity contribution in [1.82, 2.24) is 5.32 Å². The number of hydrogen-bond donors (Lipinski definition) is 2. The van der Waals surface area contributed by atoms with Crippen LogP contribution in [0.1, 0.15) is 27.2 Å². The van der Waals surface area contributed by atoms with Gasteiger partial charge in [-0.15, -0.1) is 0 Å². The molecule has 0 aliphatic carbocycles. The van der Waals surface area contributed by atoms with Crippen molar-refractivity contribution in [1.29, 1.82) is 0 Å². The number of nitro groups is 1. The fourth-order valence-corrected chi connectivity index (χ4v) is 1.44. The summed E-state index contributed by atoms with van der Waals surface area (Å²) in [4.78, 5) is 21.6. The minimum Gasteiger partial charge on any atom is -0.326 e. The lowest BCUT2D eigenvalue weighted by Crippen LogP contribution is -2.37. The summed E-state index contributed by atoms with van der Waals surface area (Å²) in [6, 6.07) is 5.77. The Morgan fingerprint density at radius 3 is 2.32 bits per heavy atom. The summed E-state index contributed by atoms with van der Waals surface area (Å²) in [5, 5.41) is 16.4. The lowest BCUT2D eigenvalue weighted by Gasteiger charge is -2.20. The summed E-state index contributed by atoms with van der Waals surface area (Å²) in [6.07, 6.45) is 0.355. The molecule has 1 aromatic rings. The van der Waals surface area contributed by atoms with Crippen LogP contribution >= 0.6 is 0 Å². The number of nitro benzene ring substituents is 1. The fraction of sp³-hybridized carbons (Fsp3) is 0.462. The van der Waals surface area contributed by atoms with Gasteiger partial charge >= 0.3 is 0 Å². The molecule has 0 aliphatic heterocycles. The molecule has 1 amide bonds. The van der Waals surface area contributed by atoms with E-state index in [-0.39, 0.29) is 17.1 Å². The van der Waals surface area contributed by atoms with Crippen molar-refractivity contribution in [3.8, 4) is 0 Å². The zero-order valence-corrected chi connectivity index (χ0v) is 11.4. The summed E-state index contributed by atoms with van der Waals surface area (Å²) in [6.45, 7) is 6.67. The Hall–Kier alpha value is -1.95. The van der Waals surface area contributed by atoms with E-state index in [4.69, 9.17) is 0 Å². The van der Waals surface area contributed by atoms with E-state index in [1.54, 1.807) is 0 Å². The van der Waals surface area contributed by atoms with Crippen LogP contribution < -0.4 is 10.6 Å². The number of carbonyl (C=O) groups is 1. The summed E-state index contributed by atoms with van der Waals surface area (Å²) < 4.78 is 0. The largest absolute Gasteiger partial charge is 0.326 e. The highest BCUT2D eigenvalue weighted by molar-refractivity contribution is 5.90. The Labute approximate surface area is 112 Å². The van der Waals surface area contributed by atoms with Crippen LogP contribution in [-0.4, -0.2) is 22.9 Å². The first kappa shape index (κ1) is 15.1. The highest BCUT2D eigenvalue weighted by Crippen LogP contribution is 2.15. The lowest BCUT2D eigenvalue weighted by atomic mass is 10.1. The molecule has 0 heterocycles. The SMILES string of the molecule is CC(C)(C)NCCC(=O)Nc1ccc([N+](=O)[O-])cc1. The lowest BCUT2D eigenvalue weighted by molar-refractivity contribution is -0.384. The maximum absolute atomic E-state index is 11.6. The molecule has 104 valence electrons. The number of benzene rings is 1. The number of nitrogens with one attached hydrogen (secondary N) is 2. The van der Waals surface area contributed by atoms with Crippen LogP contribution in [0.3, 0.4) is 0 Å². The molecule has 0 saturated heterocycles. The van der Waals surface area contributed by atoms with Crippen LogP contribution in [0, 0.1) is 10.1 Å². The molecule has 6 nitrogen and oxygen atoms in total. The molecule has 0 saturated carbocycles. The highest BCUT2D eigenvalue weighted by Gasteiger charge is 2.10. The predicted octanol–water partition coefficient (Wildman–Crippen LogP) is 2.31. The van der Waals surface area contributed by atoms with Gasteiger partial charge in [-0.1, -0.05) is 0 Å². The molecule has 0 spiro atoms. The van der Waals surface area contributed by atoms with Gasteiger partial charge in [0.2, 0.25) is 5.91 Å². The molecular weight excluding hydrogens is 246 g/mol. The van der Waals surface area contributed by atoms with Gasteiger partial charge < -0.3 is 10.6 Å². The Bertz CT molecular complexity index is 449. The second-order valence-electron chi connectivity index (χ2n) is 5.28. The van der Waals surface area contributed by atoms with Crippen LogP contribution in [0.25, 0.3) is 0 Å². The second kappa shape index (κ2) is 6.29. The van der Waals surface area contributed by atoms with E-state index in [0.29, 0.717) is 18.7 Å². The van der Waals surface area contributed by atoms with Crippen molar-refractivity contribution in [2.45, 2.75) is 32.7 Å². The summed E-state index contributed by atoms with van der Waals surface area (Å²) in [5.41, 5.74) is 0.548. The highest BCUT2D eigenvalue weighted by atomic mass is 16.6. The van der Waals surface area contributed by atoms with Gasteiger partial charge in [-0.25, -0.2) is 0 Å². The minimum absolute atomic E-state index is 0.00685. The van der Waals surface area contributed by atoms with Crippen molar-refractivity contribution >= 4 is 17.3 Å². The average molecular weight is 265 g/mol. The van der Waals surface area contributed by atoms with E-state index >= 15 is 0 Å². The Balaban J connectivity index is 2.42. The minimum atomic E-state index is -0.473. The molecule has 0 aromatic heterocycles. The van der Waals surface area contributed by atoms with Gasteiger partial charge in [-0.3, -0.25) is 14.9 Å². The van der Waals surface area contributed by atoms with Crippen LogP contribution in [0.5, 0.6) is 0 Å². The predicted molar refractivity (Wildman–Crippen MR) is 74.1 cm³/mol. The third-order valence-electron chi connectivity index (χ3n) is 2.37. The summed E-state index contributed by atoms with van der Waals surface area (Å²) >= 11 is 0. The molecule has 6 heteroatoms. The van der Waals surface area contributed by atoms with Crippen molar-refractivity contribution in [2.75, 3.05) is 11.9 Å². The van der Waals surface area contributed by atoms with Crippen molar-refractivity contribution in [3.05, 3.63) is 34.4 Å². The molecule has 2 N–H and O–H groups in total. The Morgan fingerprint density at radius 1 is 1.26 bits per heavy atom. The van der Waals surface area contributed by atoms with E-state index in [1.165, 1.54) is 24.3 Å². The van der Waals surface area contributed by atoms with Gasteiger partial charge in [-0.2, -0.15) is 0 Å². The van der Waals surface area contributed by atoms with Crippen LogP contribution in [0.15, 0.2) is 24.3 Å². The zero-order chi connectivity index (χ0) is 14.5. The number of hydrogen-bond acceptors (Lipinski definition) is 4. The molecule has 0 fully saturated rings. The summed E-state index contributed by atoms with van der Waals surface area (Å²) in [7, 11) is 0. The average Bonchev–Trinajstić information content (AvgIpc) is 2.27. The van der Waals surface area contributed by atoms with Gasteiger partial charge in [0, 0.05) is 36.3 Å². The van der Waals surface area contributed by atoms with Crippen LogP contribution in [0.4, 0.5) is 11.4 Å². The maximum Gasteiger partial charge on any atom is 0.269 e. The number of nitrogens with zero attached hydrogens (tertiary/aromatic N) is 1. The topological polar surface area (TPSA) is 84.3 Å². The number of non-ortho nitro benzene ring substituents is 1. The number of rotatable bonds is 5. The van der Waals surface area contributed by atoms with Gasteiger partial charge in [0.15, 0.2) is 0 Å². The van der Waals surface area contributed by atoms with Crippen molar-refractivity contribution in [2.24, 2.45) is 0 Å². The normalized spacial score (nSPS) is 11.1. The molecule has 1 aromatic carbocycles. The van der Waals surface area contributed by atoms with Gasteiger partial charge in [0.05, 0.1) is 4.92 Å². The van der Waals surface area contributed by atoms with Crippen LogP contribution in [-0.2, 0) is 4.79 Å². The van der Waals surface area contributed by atoms with E-state index in [9.17, 15) is 14.9 Å². The standard InChI is InChI=1S/C13H19N3O3/c1-13(2,3)14-9-8-12(17)15-10-4-6-11(7-5-10)16(18)19/h4-7,14H,8-9H2,1-3H3,(H,15,17). The van der Waals surface area contributed by atoms with E-state index in [1.807, 2.05) is 20.8 Å². The molecule has 0 atom stereocenters. The first-order valence-corrected chi connectivity index (χ1v) is 6.07. The first-order valence-electron chi connectivity index (χ1n) is 6.07. The number of anilines is 1. The third kappa shape index (κ3) is 5.96. The monoisotopic (exact) mass is 265 g/mol. The smallest absolute Gasteiger partial charge is 0.269 e. The fourth-order valence-electron chi connectivity index (χ4n) is 1.44. The van der Waals surface area contributed by atoms with Gasteiger partial charge in [0.25, 0.3) is 5.69 Å². The quantitative estimate of drug-likeness (QED) is 0.632. The van der Waals surface area contributed by atoms with E-state index < -0.39 is 4.92 Å². The third-order valence-corrected chi connectivity index (χ3v) is 2.37. The molecule has 0 bridgehead atoms. The molecular formula is C13H19N3O3. The molecule has 0 radical (unpaired) electrons. The number of carbonyl (C=O) groups excluding carboxylic acids is 1. The Kier molecular flexibility index (Phi) is 5.00. The molecule has 0 aliphatic rings. The summed E-state index contributed by atoms with van der Waals surface area (Å²) in [5.74, 6) is -0.120. The molecule has 19 heavy (non-hydrogen) atoms. The Morgan fingerprint density at radius 2 is 1.84 bits per heavy atom. The van der Waals surface area contributed by atoms with Crippen LogP contribution in [0.2, 0.25) is 0 Å². The van der Waals surface area contributed by atoms with E-state index in [0.717, 1.165) is 0 Å². The van der Waals surface area contributed by atoms with Crippen molar-refractivity contribution in [3.63, 3.8) is 0 Å². The molecule has 1 rings (SSSR count). The maximum atomic E-state index is 11.6. The van der Waals surface area contributed by atoms with E-state index in [2.05, 4.69) is 10.6 Å². The first-order chi connectivity index (χ1) is 8.78. The zero-order valence-electron chi connectivity index (χ0n) is 11.4. The number of amides is 1.